The van der Waals surface area contributed by atoms with Crippen LogP contribution >= 0.6 is 0 Å². The van der Waals surface area contributed by atoms with Crippen LogP contribution in [0.5, 0.6) is 0 Å². The highest BCUT2D eigenvalue weighted by Crippen LogP contribution is 2.22. The van der Waals surface area contributed by atoms with Gasteiger partial charge >= 0.3 is 5.97 Å². The molecule has 84 valence electrons. The van der Waals surface area contributed by atoms with Gasteiger partial charge in [0.1, 0.15) is 0 Å². The minimum Gasteiger partial charge on any atom is -0.466 e. The Balaban J connectivity index is 3.25. The van der Waals surface area contributed by atoms with Crippen molar-refractivity contribution in [3.63, 3.8) is 0 Å². The summed E-state index contributed by atoms with van der Waals surface area (Å²) in [6.45, 7) is 6.29. The Morgan fingerprint density at radius 1 is 1.29 bits per heavy atom. The van der Waals surface area contributed by atoms with E-state index < -0.39 is 0 Å². The van der Waals surface area contributed by atoms with Crippen LogP contribution in [0.3, 0.4) is 0 Å². The van der Waals surface area contributed by atoms with Crippen molar-refractivity contribution in [2.45, 2.75) is 46.5 Å². The maximum atomic E-state index is 10.4. The first kappa shape index (κ1) is 13.4. The predicted octanol–water partition coefficient (Wildman–Crippen LogP) is 2.13. The summed E-state index contributed by atoms with van der Waals surface area (Å²) in [6.07, 6.45) is 4.07. The van der Waals surface area contributed by atoms with Crippen LogP contribution in [0.2, 0.25) is 0 Å². The summed E-state index contributed by atoms with van der Waals surface area (Å²) < 4.78 is 4.81. The minimum atomic E-state index is -0.208. The maximum Gasteiger partial charge on any atom is 0.302 e. The first-order valence-corrected chi connectivity index (χ1v) is 5.22. The van der Waals surface area contributed by atoms with Gasteiger partial charge in [0.15, 0.2) is 0 Å². The van der Waals surface area contributed by atoms with E-state index in [1.54, 1.807) is 0 Å². The van der Waals surface area contributed by atoms with Crippen molar-refractivity contribution in [1.29, 1.82) is 0 Å². The lowest BCUT2D eigenvalue weighted by Crippen LogP contribution is -2.16. The van der Waals surface area contributed by atoms with E-state index in [9.17, 15) is 4.79 Å². The van der Waals surface area contributed by atoms with E-state index in [0.717, 1.165) is 25.7 Å². The van der Waals surface area contributed by atoms with E-state index in [-0.39, 0.29) is 18.0 Å². The fourth-order valence-corrected chi connectivity index (χ4v) is 1.18. The number of aliphatic hydroxyl groups is 1. The van der Waals surface area contributed by atoms with Gasteiger partial charge in [-0.05, 0) is 18.3 Å². The molecule has 0 aromatic heterocycles. The van der Waals surface area contributed by atoms with Gasteiger partial charge in [-0.3, -0.25) is 4.79 Å². The molecule has 0 radical (unpaired) electrons. The van der Waals surface area contributed by atoms with Crippen molar-refractivity contribution in [3.05, 3.63) is 0 Å². The number of aliphatic hydroxyl groups excluding tert-OH is 1. The molecule has 0 aromatic rings. The molecule has 0 aliphatic rings. The number of esters is 1. The van der Waals surface area contributed by atoms with Crippen LogP contribution in [-0.4, -0.2) is 24.3 Å². The zero-order valence-electron chi connectivity index (χ0n) is 9.51. The number of carbonyl (C=O) groups excluding carboxylic acids is 1. The van der Waals surface area contributed by atoms with Crippen LogP contribution in [0.1, 0.15) is 46.5 Å². The van der Waals surface area contributed by atoms with Crippen LogP contribution < -0.4 is 0 Å². The largest absolute Gasteiger partial charge is 0.466 e. The molecule has 0 spiro atoms. The lowest BCUT2D eigenvalue weighted by Gasteiger charge is -2.20. The maximum absolute atomic E-state index is 10.4. The van der Waals surface area contributed by atoms with E-state index in [1.807, 2.05) is 0 Å². The molecular formula is C11H22O3. The summed E-state index contributed by atoms with van der Waals surface area (Å²) in [5, 5.41) is 9.00. The Bertz CT molecular complexity index is 164. The third-order valence-corrected chi connectivity index (χ3v) is 2.23. The van der Waals surface area contributed by atoms with Crippen molar-refractivity contribution < 1.29 is 14.6 Å². The fourth-order valence-electron chi connectivity index (χ4n) is 1.18. The summed E-state index contributed by atoms with van der Waals surface area (Å²) in [7, 11) is 0. The van der Waals surface area contributed by atoms with E-state index in [2.05, 4.69) is 13.8 Å². The van der Waals surface area contributed by atoms with E-state index in [0.29, 0.717) is 6.61 Å². The Hall–Kier alpha value is -0.570. The molecule has 0 aromatic carbocycles. The average Bonchev–Trinajstić information content (AvgIpc) is 2.10. The zero-order chi connectivity index (χ0) is 11.0. The third kappa shape index (κ3) is 8.05. The second kappa shape index (κ2) is 6.82. The van der Waals surface area contributed by atoms with Crippen LogP contribution in [0.25, 0.3) is 0 Å². The fraction of sp³-hybridized carbons (Fsp3) is 0.909. The van der Waals surface area contributed by atoms with Gasteiger partial charge in [0.05, 0.1) is 6.61 Å². The van der Waals surface area contributed by atoms with E-state index in [4.69, 9.17) is 9.84 Å². The molecule has 3 nitrogen and oxygen atoms in total. The Morgan fingerprint density at radius 2 is 1.93 bits per heavy atom. The van der Waals surface area contributed by atoms with Crippen LogP contribution in [-0.2, 0) is 9.53 Å². The molecule has 0 rings (SSSR count). The predicted molar refractivity (Wildman–Crippen MR) is 56.0 cm³/mol. The summed E-state index contributed by atoms with van der Waals surface area (Å²) in [5.74, 6) is -0.208. The molecule has 0 saturated heterocycles. The number of hydrogen-bond donors (Lipinski definition) is 1. The van der Waals surface area contributed by atoms with Crippen molar-refractivity contribution in [1.82, 2.24) is 0 Å². The number of ether oxygens (including phenoxy) is 1. The van der Waals surface area contributed by atoms with Gasteiger partial charge in [-0.2, -0.15) is 0 Å². The summed E-state index contributed by atoms with van der Waals surface area (Å²) in [5.41, 5.74) is 0.0292. The molecule has 0 atom stereocenters. The van der Waals surface area contributed by atoms with Gasteiger partial charge in [0.25, 0.3) is 0 Å². The molecular weight excluding hydrogens is 180 g/mol. The Labute approximate surface area is 86.5 Å². The molecule has 0 aliphatic heterocycles. The number of hydrogen-bond acceptors (Lipinski definition) is 3. The highest BCUT2D eigenvalue weighted by Gasteiger charge is 2.14. The van der Waals surface area contributed by atoms with Gasteiger partial charge in [0.2, 0.25) is 0 Å². The van der Waals surface area contributed by atoms with Crippen molar-refractivity contribution in [3.8, 4) is 0 Å². The smallest absolute Gasteiger partial charge is 0.302 e. The normalized spacial score (nSPS) is 11.4. The Morgan fingerprint density at radius 3 is 2.43 bits per heavy atom. The van der Waals surface area contributed by atoms with Gasteiger partial charge in [-0.15, -0.1) is 0 Å². The Kier molecular flexibility index (Phi) is 6.54. The molecule has 0 heterocycles. The lowest BCUT2D eigenvalue weighted by atomic mass is 9.88. The molecule has 0 unspecified atom stereocenters. The second-order valence-corrected chi connectivity index (χ2v) is 4.47. The monoisotopic (exact) mass is 202 g/mol. The summed E-state index contributed by atoms with van der Waals surface area (Å²) in [6, 6.07) is 0. The number of carbonyl (C=O) groups is 1. The minimum absolute atomic E-state index is 0.0292. The highest BCUT2D eigenvalue weighted by atomic mass is 16.5. The number of rotatable bonds is 7. The zero-order valence-corrected chi connectivity index (χ0v) is 9.51. The first-order chi connectivity index (χ1) is 6.48. The van der Waals surface area contributed by atoms with E-state index >= 15 is 0 Å². The molecule has 3 heteroatoms. The standard InChI is InChI=1S/C11H22O3/c1-10(13)14-8-6-4-5-7-11(2,3)9-12/h12H,4-9H2,1-3H3. The molecule has 1 N–H and O–H groups in total. The van der Waals surface area contributed by atoms with E-state index in [1.165, 1.54) is 6.92 Å². The SMILES string of the molecule is CC(=O)OCCCCCC(C)(C)CO. The molecule has 14 heavy (non-hydrogen) atoms. The van der Waals surface area contributed by atoms with Crippen molar-refractivity contribution >= 4 is 5.97 Å². The highest BCUT2D eigenvalue weighted by molar-refractivity contribution is 5.65. The molecule has 0 aliphatic carbocycles. The van der Waals surface area contributed by atoms with Gasteiger partial charge < -0.3 is 9.84 Å². The average molecular weight is 202 g/mol. The van der Waals surface area contributed by atoms with Crippen molar-refractivity contribution in [2.24, 2.45) is 5.41 Å². The van der Waals surface area contributed by atoms with Crippen molar-refractivity contribution in [2.75, 3.05) is 13.2 Å². The molecule has 0 fully saturated rings. The van der Waals surface area contributed by atoms with Gasteiger partial charge in [-0.1, -0.05) is 26.7 Å². The third-order valence-electron chi connectivity index (χ3n) is 2.23. The van der Waals surface area contributed by atoms with Crippen LogP contribution in [0, 0.1) is 5.41 Å². The molecule has 0 amide bonds. The topological polar surface area (TPSA) is 46.5 Å². The summed E-state index contributed by atoms with van der Waals surface area (Å²) >= 11 is 0. The first-order valence-electron chi connectivity index (χ1n) is 5.22. The van der Waals surface area contributed by atoms with Crippen LogP contribution in [0.4, 0.5) is 0 Å². The van der Waals surface area contributed by atoms with Gasteiger partial charge in [-0.25, -0.2) is 0 Å². The second-order valence-electron chi connectivity index (χ2n) is 4.47. The number of unbranched alkanes of at least 4 members (excludes halogenated alkanes) is 2. The summed E-state index contributed by atoms with van der Waals surface area (Å²) in [4.78, 5) is 10.4. The quantitative estimate of drug-likeness (QED) is 0.508. The molecule has 0 bridgehead atoms. The van der Waals surface area contributed by atoms with Gasteiger partial charge in [0, 0.05) is 13.5 Å². The van der Waals surface area contributed by atoms with Crippen LogP contribution in [0.15, 0.2) is 0 Å². The lowest BCUT2D eigenvalue weighted by molar-refractivity contribution is -0.141. The molecule has 0 saturated carbocycles.